The summed E-state index contributed by atoms with van der Waals surface area (Å²) in [6.07, 6.45) is 3.75. The van der Waals surface area contributed by atoms with Crippen LogP contribution in [0.1, 0.15) is 26.2 Å². The molecule has 0 heterocycles. The molecule has 1 aliphatic rings. The molecule has 0 saturated heterocycles. The van der Waals surface area contributed by atoms with E-state index in [1.807, 2.05) is 0 Å². The lowest BCUT2D eigenvalue weighted by atomic mass is 10.1. The fraction of sp³-hybridized carbons (Fsp3) is 0.900. The largest absolute Gasteiger partial charge is 0.348 e. The maximum absolute atomic E-state index is 11.2. The molecule has 0 aromatic carbocycles. The molecule has 0 unspecified atom stereocenters. The first-order chi connectivity index (χ1) is 6.09. The van der Waals surface area contributed by atoms with Gasteiger partial charge in [-0.3, -0.25) is 4.79 Å². The van der Waals surface area contributed by atoms with E-state index in [0.29, 0.717) is 12.6 Å². The van der Waals surface area contributed by atoms with Gasteiger partial charge < -0.3 is 10.2 Å². The van der Waals surface area contributed by atoms with Gasteiger partial charge in [0.15, 0.2) is 0 Å². The minimum atomic E-state index is 0.166. The molecule has 0 spiro atoms. The first kappa shape index (κ1) is 10.5. The van der Waals surface area contributed by atoms with Crippen LogP contribution in [0, 0.1) is 5.92 Å². The molecule has 1 saturated carbocycles. The summed E-state index contributed by atoms with van der Waals surface area (Å²) >= 11 is 0. The van der Waals surface area contributed by atoms with Crippen molar-refractivity contribution in [3.05, 3.63) is 0 Å². The van der Waals surface area contributed by atoms with Gasteiger partial charge in [-0.25, -0.2) is 0 Å². The van der Waals surface area contributed by atoms with Gasteiger partial charge in [0.25, 0.3) is 0 Å². The summed E-state index contributed by atoms with van der Waals surface area (Å²) < 4.78 is 0. The third-order valence-corrected chi connectivity index (χ3v) is 2.74. The van der Waals surface area contributed by atoms with Gasteiger partial charge in [-0.1, -0.05) is 6.92 Å². The van der Waals surface area contributed by atoms with Gasteiger partial charge >= 0.3 is 0 Å². The Morgan fingerprint density at radius 1 is 1.46 bits per heavy atom. The van der Waals surface area contributed by atoms with E-state index in [1.54, 1.807) is 19.0 Å². The van der Waals surface area contributed by atoms with Crippen molar-refractivity contribution in [2.75, 3.05) is 20.6 Å². The van der Waals surface area contributed by atoms with Crippen LogP contribution in [-0.2, 0) is 4.79 Å². The van der Waals surface area contributed by atoms with Gasteiger partial charge in [-0.05, 0) is 25.2 Å². The molecule has 1 fully saturated rings. The van der Waals surface area contributed by atoms with E-state index in [-0.39, 0.29) is 5.91 Å². The van der Waals surface area contributed by atoms with Crippen molar-refractivity contribution >= 4 is 5.91 Å². The predicted molar refractivity (Wildman–Crippen MR) is 53.5 cm³/mol. The molecule has 76 valence electrons. The second-order valence-corrected chi connectivity index (χ2v) is 4.28. The lowest BCUT2D eigenvalue weighted by molar-refractivity contribution is -0.127. The normalized spacial score (nSPS) is 27.6. The quantitative estimate of drug-likeness (QED) is 0.705. The van der Waals surface area contributed by atoms with Crippen LogP contribution in [0.15, 0.2) is 0 Å². The molecule has 3 nitrogen and oxygen atoms in total. The van der Waals surface area contributed by atoms with E-state index < -0.39 is 0 Å². The summed E-state index contributed by atoms with van der Waals surface area (Å²) in [6.45, 7) is 2.76. The van der Waals surface area contributed by atoms with Crippen LogP contribution in [0.2, 0.25) is 0 Å². The zero-order valence-electron chi connectivity index (χ0n) is 8.84. The van der Waals surface area contributed by atoms with E-state index >= 15 is 0 Å². The smallest absolute Gasteiger partial charge is 0.236 e. The molecule has 1 aliphatic carbocycles. The second-order valence-electron chi connectivity index (χ2n) is 4.28. The summed E-state index contributed by atoms with van der Waals surface area (Å²) in [7, 11) is 3.59. The van der Waals surface area contributed by atoms with E-state index in [4.69, 9.17) is 0 Å². The van der Waals surface area contributed by atoms with Gasteiger partial charge in [-0.15, -0.1) is 0 Å². The topological polar surface area (TPSA) is 32.3 Å². The van der Waals surface area contributed by atoms with Gasteiger partial charge in [0.05, 0.1) is 6.54 Å². The minimum Gasteiger partial charge on any atom is -0.348 e. The Balaban J connectivity index is 2.16. The first-order valence-electron chi connectivity index (χ1n) is 5.03. The number of carbonyl (C=O) groups is 1. The third kappa shape index (κ3) is 3.35. The molecular weight excluding hydrogens is 164 g/mol. The minimum absolute atomic E-state index is 0.166. The molecule has 1 N–H and O–H groups in total. The monoisotopic (exact) mass is 184 g/mol. The average Bonchev–Trinajstić information content (AvgIpc) is 2.47. The number of likely N-dealkylation sites (N-methyl/N-ethyl adjacent to an activating group) is 1. The van der Waals surface area contributed by atoms with Crippen LogP contribution in [0.5, 0.6) is 0 Å². The Kier molecular flexibility index (Phi) is 3.72. The van der Waals surface area contributed by atoms with Crippen molar-refractivity contribution in [1.82, 2.24) is 10.2 Å². The zero-order chi connectivity index (χ0) is 9.84. The molecule has 0 aliphatic heterocycles. The Morgan fingerprint density at radius 2 is 2.15 bits per heavy atom. The molecule has 0 bridgehead atoms. The average molecular weight is 184 g/mol. The maximum Gasteiger partial charge on any atom is 0.236 e. The summed E-state index contributed by atoms with van der Waals surface area (Å²) in [5.41, 5.74) is 0. The van der Waals surface area contributed by atoms with Gasteiger partial charge in [-0.2, -0.15) is 0 Å². The number of rotatable bonds is 3. The SMILES string of the molecule is C[C@H]1CC[C@@H](NCC(=O)N(C)C)C1. The molecule has 0 aromatic heterocycles. The van der Waals surface area contributed by atoms with Crippen molar-refractivity contribution in [3.8, 4) is 0 Å². The molecule has 0 radical (unpaired) electrons. The Hall–Kier alpha value is -0.570. The van der Waals surface area contributed by atoms with Crippen LogP contribution < -0.4 is 5.32 Å². The highest BCUT2D eigenvalue weighted by Gasteiger charge is 2.21. The summed E-state index contributed by atoms with van der Waals surface area (Å²) in [4.78, 5) is 12.9. The van der Waals surface area contributed by atoms with Crippen LogP contribution >= 0.6 is 0 Å². The van der Waals surface area contributed by atoms with Crippen LogP contribution in [0.3, 0.4) is 0 Å². The Labute approximate surface area is 80.5 Å². The fourth-order valence-electron chi connectivity index (χ4n) is 1.78. The zero-order valence-corrected chi connectivity index (χ0v) is 8.84. The van der Waals surface area contributed by atoms with Crippen LogP contribution in [0.4, 0.5) is 0 Å². The summed E-state index contributed by atoms with van der Waals surface area (Å²) in [6, 6.07) is 0.568. The molecule has 1 amide bonds. The fourth-order valence-corrected chi connectivity index (χ4v) is 1.78. The van der Waals surface area contributed by atoms with Crippen LogP contribution in [-0.4, -0.2) is 37.5 Å². The van der Waals surface area contributed by atoms with Gasteiger partial charge in [0, 0.05) is 20.1 Å². The van der Waals surface area contributed by atoms with Crippen molar-refractivity contribution in [2.45, 2.75) is 32.2 Å². The second kappa shape index (κ2) is 4.61. The number of amides is 1. The van der Waals surface area contributed by atoms with E-state index in [9.17, 15) is 4.79 Å². The van der Waals surface area contributed by atoms with E-state index in [1.165, 1.54) is 19.3 Å². The van der Waals surface area contributed by atoms with Crippen LogP contribution in [0.25, 0.3) is 0 Å². The molecule has 13 heavy (non-hydrogen) atoms. The lowest BCUT2D eigenvalue weighted by Crippen LogP contribution is -2.37. The molecule has 2 atom stereocenters. The Morgan fingerprint density at radius 3 is 2.62 bits per heavy atom. The summed E-state index contributed by atoms with van der Waals surface area (Å²) in [5.74, 6) is 0.992. The van der Waals surface area contributed by atoms with Gasteiger partial charge in [0.1, 0.15) is 0 Å². The number of hydrogen-bond acceptors (Lipinski definition) is 2. The molecule has 3 heteroatoms. The third-order valence-electron chi connectivity index (χ3n) is 2.74. The van der Waals surface area contributed by atoms with Crippen molar-refractivity contribution < 1.29 is 4.79 Å². The number of nitrogens with one attached hydrogen (secondary N) is 1. The van der Waals surface area contributed by atoms with Crippen molar-refractivity contribution in [2.24, 2.45) is 5.92 Å². The van der Waals surface area contributed by atoms with Crippen molar-refractivity contribution in [1.29, 1.82) is 0 Å². The number of nitrogens with zero attached hydrogens (tertiary/aromatic N) is 1. The highest BCUT2D eigenvalue weighted by atomic mass is 16.2. The Bertz CT molecular complexity index is 180. The molecular formula is C10H20N2O. The maximum atomic E-state index is 11.2. The molecule has 1 rings (SSSR count). The van der Waals surface area contributed by atoms with Gasteiger partial charge in [0.2, 0.25) is 5.91 Å². The standard InChI is InChI=1S/C10H20N2O/c1-8-4-5-9(6-8)11-7-10(13)12(2)3/h8-9,11H,4-7H2,1-3H3/t8-,9+/m0/s1. The molecule has 0 aromatic rings. The van der Waals surface area contributed by atoms with E-state index in [2.05, 4.69) is 12.2 Å². The lowest BCUT2D eigenvalue weighted by Gasteiger charge is -2.14. The van der Waals surface area contributed by atoms with Crippen molar-refractivity contribution in [3.63, 3.8) is 0 Å². The predicted octanol–water partition coefficient (Wildman–Crippen LogP) is 0.853. The summed E-state index contributed by atoms with van der Waals surface area (Å²) in [5, 5.41) is 3.30. The first-order valence-corrected chi connectivity index (χ1v) is 5.03. The number of hydrogen-bond donors (Lipinski definition) is 1. The number of carbonyl (C=O) groups excluding carboxylic acids is 1. The van der Waals surface area contributed by atoms with E-state index in [0.717, 1.165) is 5.92 Å². The highest BCUT2D eigenvalue weighted by Crippen LogP contribution is 2.24. The highest BCUT2D eigenvalue weighted by molar-refractivity contribution is 5.77.